The van der Waals surface area contributed by atoms with Crippen LogP contribution >= 0.6 is 0 Å². The molecule has 0 aromatic carbocycles. The van der Waals surface area contributed by atoms with Gasteiger partial charge in [-0.3, -0.25) is 4.79 Å². The van der Waals surface area contributed by atoms with E-state index in [-0.39, 0.29) is 11.9 Å². The Kier molecular flexibility index (Phi) is 4.31. The highest BCUT2D eigenvalue weighted by Gasteiger charge is 2.16. The Hall–Kier alpha value is -1.78. The number of nitrogens with two attached hydrogens (primary N) is 1. The van der Waals surface area contributed by atoms with Crippen molar-refractivity contribution in [2.75, 3.05) is 5.73 Å². The van der Waals surface area contributed by atoms with E-state index < -0.39 is 6.10 Å². The molecular formula is C12H19N3O2. The Morgan fingerprint density at radius 1 is 1.41 bits per heavy atom. The number of nitrogens with one attached hydrogen (secondary N) is 1. The third kappa shape index (κ3) is 3.94. The quantitative estimate of drug-likeness (QED) is 0.826. The van der Waals surface area contributed by atoms with Gasteiger partial charge in [0.25, 0.3) is 5.91 Å². The van der Waals surface area contributed by atoms with Gasteiger partial charge < -0.3 is 15.8 Å². The second-order valence-electron chi connectivity index (χ2n) is 4.26. The minimum Gasteiger partial charge on any atom is -0.477 e. The number of anilines is 1. The van der Waals surface area contributed by atoms with Gasteiger partial charge in [0.05, 0.1) is 0 Å². The summed E-state index contributed by atoms with van der Waals surface area (Å²) in [7, 11) is 0. The van der Waals surface area contributed by atoms with Crippen molar-refractivity contribution in [2.45, 2.75) is 39.8 Å². The highest BCUT2D eigenvalue weighted by Crippen LogP contribution is 2.20. The third-order valence-corrected chi connectivity index (χ3v) is 2.13. The fourth-order valence-electron chi connectivity index (χ4n) is 1.31. The third-order valence-electron chi connectivity index (χ3n) is 2.13. The molecule has 0 radical (unpaired) electrons. The number of nitrogens with zero attached hydrogens (tertiary/aromatic N) is 1. The summed E-state index contributed by atoms with van der Waals surface area (Å²) < 4.78 is 5.46. The van der Waals surface area contributed by atoms with Gasteiger partial charge in [-0.1, -0.05) is 0 Å². The first kappa shape index (κ1) is 13.3. The van der Waals surface area contributed by atoms with Gasteiger partial charge >= 0.3 is 0 Å². The lowest BCUT2D eigenvalue weighted by Crippen LogP contribution is -2.40. The van der Waals surface area contributed by atoms with Gasteiger partial charge in [0, 0.05) is 11.7 Å². The molecule has 1 aromatic heterocycles. The summed E-state index contributed by atoms with van der Waals surface area (Å²) in [5.41, 5.74) is 6.52. The van der Waals surface area contributed by atoms with Gasteiger partial charge in [0.1, 0.15) is 0 Å². The van der Waals surface area contributed by atoms with Crippen molar-refractivity contribution in [1.82, 2.24) is 10.3 Å². The van der Waals surface area contributed by atoms with Crippen LogP contribution in [0.25, 0.3) is 0 Å². The summed E-state index contributed by atoms with van der Waals surface area (Å²) >= 11 is 0. The van der Waals surface area contributed by atoms with Gasteiger partial charge in [-0.2, -0.15) is 0 Å². The summed E-state index contributed by atoms with van der Waals surface area (Å²) in [5, 5.41) is 2.77. The van der Waals surface area contributed by atoms with Gasteiger partial charge in [0.2, 0.25) is 0 Å². The molecule has 1 aromatic rings. The maximum absolute atomic E-state index is 11.6. The maximum atomic E-state index is 11.6. The zero-order valence-corrected chi connectivity index (χ0v) is 10.7. The Bertz CT molecular complexity index is 405. The normalized spacial score (nSPS) is 12.3. The van der Waals surface area contributed by atoms with Crippen molar-refractivity contribution in [3.8, 4) is 5.75 Å². The monoisotopic (exact) mass is 237 g/mol. The summed E-state index contributed by atoms with van der Waals surface area (Å²) in [6.45, 7) is 7.31. The predicted octanol–water partition coefficient (Wildman–Crippen LogP) is 1.26. The molecule has 5 heteroatoms. The first-order valence-electron chi connectivity index (χ1n) is 5.60. The predicted molar refractivity (Wildman–Crippen MR) is 66.8 cm³/mol. The van der Waals surface area contributed by atoms with Crippen molar-refractivity contribution >= 4 is 11.7 Å². The molecule has 5 nitrogen and oxygen atoms in total. The van der Waals surface area contributed by atoms with E-state index in [1.807, 2.05) is 20.8 Å². The van der Waals surface area contributed by atoms with Crippen LogP contribution in [0, 0.1) is 6.92 Å². The van der Waals surface area contributed by atoms with E-state index in [4.69, 9.17) is 10.5 Å². The lowest BCUT2D eigenvalue weighted by Gasteiger charge is -2.17. The second kappa shape index (κ2) is 5.52. The van der Waals surface area contributed by atoms with Gasteiger partial charge in [-0.05, 0) is 39.8 Å². The van der Waals surface area contributed by atoms with Crippen molar-refractivity contribution in [1.29, 1.82) is 0 Å². The van der Waals surface area contributed by atoms with Crippen molar-refractivity contribution < 1.29 is 9.53 Å². The van der Waals surface area contributed by atoms with Crippen molar-refractivity contribution in [3.63, 3.8) is 0 Å². The number of ether oxygens (including phenoxy) is 1. The molecule has 1 atom stereocenters. The van der Waals surface area contributed by atoms with E-state index in [0.717, 1.165) is 5.69 Å². The molecule has 94 valence electrons. The van der Waals surface area contributed by atoms with Crippen LogP contribution in [0.15, 0.2) is 12.1 Å². The minimum atomic E-state index is -0.593. The molecule has 0 aliphatic rings. The lowest BCUT2D eigenvalue weighted by atomic mass is 10.3. The van der Waals surface area contributed by atoms with Crippen LogP contribution in [0.5, 0.6) is 5.75 Å². The number of carbonyl (C=O) groups excluding carboxylic acids is 1. The number of carbonyl (C=O) groups is 1. The van der Waals surface area contributed by atoms with Crippen LogP contribution in [0.3, 0.4) is 0 Å². The molecular weight excluding hydrogens is 218 g/mol. The van der Waals surface area contributed by atoms with Gasteiger partial charge in [-0.25, -0.2) is 4.98 Å². The fraction of sp³-hybridized carbons (Fsp3) is 0.500. The Morgan fingerprint density at radius 2 is 2.06 bits per heavy atom. The molecule has 0 bridgehead atoms. The Morgan fingerprint density at radius 3 is 2.59 bits per heavy atom. The molecule has 17 heavy (non-hydrogen) atoms. The van der Waals surface area contributed by atoms with Crippen LogP contribution < -0.4 is 15.8 Å². The molecule has 1 heterocycles. The number of aromatic nitrogens is 1. The SMILES string of the molecule is Cc1ccc(OC(C)C(=O)NC(C)C)c(N)n1. The average molecular weight is 237 g/mol. The van der Waals surface area contributed by atoms with E-state index in [1.54, 1.807) is 19.1 Å². The molecule has 0 saturated carbocycles. The molecule has 0 fully saturated rings. The van der Waals surface area contributed by atoms with E-state index in [0.29, 0.717) is 11.6 Å². The highest BCUT2D eigenvalue weighted by molar-refractivity contribution is 5.81. The van der Waals surface area contributed by atoms with Gasteiger partial charge in [0.15, 0.2) is 17.7 Å². The average Bonchev–Trinajstić information content (AvgIpc) is 2.21. The number of hydrogen-bond acceptors (Lipinski definition) is 4. The Labute approximate surface area is 101 Å². The molecule has 1 unspecified atom stereocenters. The van der Waals surface area contributed by atoms with Gasteiger partial charge in [-0.15, -0.1) is 0 Å². The van der Waals surface area contributed by atoms with Crippen LogP contribution in [0.4, 0.5) is 5.82 Å². The molecule has 1 amide bonds. The summed E-state index contributed by atoms with van der Waals surface area (Å²) in [5.74, 6) is 0.566. The summed E-state index contributed by atoms with van der Waals surface area (Å²) in [4.78, 5) is 15.7. The molecule has 3 N–H and O–H groups in total. The number of hydrogen-bond donors (Lipinski definition) is 2. The number of nitrogen functional groups attached to an aromatic ring is 1. The Balaban J connectivity index is 2.67. The topological polar surface area (TPSA) is 77.2 Å². The number of amides is 1. The van der Waals surface area contributed by atoms with Crippen molar-refractivity contribution in [2.24, 2.45) is 0 Å². The van der Waals surface area contributed by atoms with Crippen molar-refractivity contribution in [3.05, 3.63) is 17.8 Å². The highest BCUT2D eigenvalue weighted by atomic mass is 16.5. The largest absolute Gasteiger partial charge is 0.477 e. The zero-order chi connectivity index (χ0) is 13.0. The lowest BCUT2D eigenvalue weighted by molar-refractivity contribution is -0.127. The molecule has 0 saturated heterocycles. The zero-order valence-electron chi connectivity index (χ0n) is 10.7. The number of pyridine rings is 1. The van der Waals surface area contributed by atoms with E-state index in [2.05, 4.69) is 10.3 Å². The minimum absolute atomic E-state index is 0.0852. The van der Waals surface area contributed by atoms with E-state index in [9.17, 15) is 4.79 Å². The molecule has 0 spiro atoms. The van der Waals surface area contributed by atoms with Crippen LogP contribution in [0.2, 0.25) is 0 Å². The first-order valence-corrected chi connectivity index (χ1v) is 5.60. The summed E-state index contributed by atoms with van der Waals surface area (Å²) in [6.07, 6.45) is -0.593. The van der Waals surface area contributed by atoms with Crippen LogP contribution in [0.1, 0.15) is 26.5 Å². The summed E-state index contributed by atoms with van der Waals surface area (Å²) in [6, 6.07) is 3.59. The molecule has 0 aliphatic carbocycles. The first-order chi connectivity index (χ1) is 7.90. The molecule has 1 rings (SSSR count). The standard InChI is InChI=1S/C12H19N3O2/c1-7(2)14-12(16)9(4)17-10-6-5-8(3)15-11(10)13/h5-7,9H,1-4H3,(H2,13,15)(H,14,16). The number of rotatable bonds is 4. The van der Waals surface area contributed by atoms with E-state index >= 15 is 0 Å². The van der Waals surface area contributed by atoms with E-state index in [1.165, 1.54) is 0 Å². The van der Waals surface area contributed by atoms with Crippen LogP contribution in [-0.2, 0) is 4.79 Å². The second-order valence-corrected chi connectivity index (χ2v) is 4.26. The van der Waals surface area contributed by atoms with Crippen LogP contribution in [-0.4, -0.2) is 23.0 Å². The maximum Gasteiger partial charge on any atom is 0.260 e. The smallest absolute Gasteiger partial charge is 0.260 e. The molecule has 0 aliphatic heterocycles. The number of aryl methyl sites for hydroxylation is 1. The fourth-order valence-corrected chi connectivity index (χ4v) is 1.31.